The van der Waals surface area contributed by atoms with Crippen LogP contribution in [0, 0.1) is 6.92 Å². The molecule has 0 radical (unpaired) electrons. The number of nitrogen functional groups attached to an aromatic ring is 1. The predicted molar refractivity (Wildman–Crippen MR) is 57.5 cm³/mol. The summed E-state index contributed by atoms with van der Waals surface area (Å²) in [4.78, 5) is 14.9. The average molecular weight is 218 g/mol. The Bertz CT molecular complexity index is 548. The quantitative estimate of drug-likeness (QED) is 0.779. The van der Waals surface area contributed by atoms with Crippen LogP contribution in [0.2, 0.25) is 0 Å². The van der Waals surface area contributed by atoms with E-state index in [0.717, 1.165) is 5.56 Å². The van der Waals surface area contributed by atoms with Gasteiger partial charge in [-0.2, -0.15) is 5.10 Å². The van der Waals surface area contributed by atoms with Gasteiger partial charge in [-0.3, -0.25) is 0 Å². The van der Waals surface area contributed by atoms with E-state index < -0.39 is 5.97 Å². The molecule has 0 aliphatic carbocycles. The average Bonchev–Trinajstić information content (AvgIpc) is 2.65. The van der Waals surface area contributed by atoms with Gasteiger partial charge in [-0.05, 0) is 18.6 Å². The van der Waals surface area contributed by atoms with E-state index in [2.05, 4.69) is 10.1 Å². The molecule has 0 saturated carbocycles. The third-order valence-electron chi connectivity index (χ3n) is 2.10. The smallest absolute Gasteiger partial charge is 0.337 e. The summed E-state index contributed by atoms with van der Waals surface area (Å²) in [6, 6.07) is 1.39. The van der Waals surface area contributed by atoms with Crippen LogP contribution in [-0.4, -0.2) is 25.8 Å². The minimum atomic E-state index is -1.08. The van der Waals surface area contributed by atoms with Crippen molar-refractivity contribution in [2.45, 2.75) is 6.92 Å². The van der Waals surface area contributed by atoms with Crippen molar-refractivity contribution in [3.05, 3.63) is 35.8 Å². The van der Waals surface area contributed by atoms with Crippen LogP contribution in [0.5, 0.6) is 0 Å². The number of hydrogen-bond acceptors (Lipinski definition) is 4. The molecule has 0 saturated heterocycles. The van der Waals surface area contributed by atoms with Crippen LogP contribution in [0.15, 0.2) is 24.7 Å². The molecule has 82 valence electrons. The third kappa shape index (κ3) is 1.72. The van der Waals surface area contributed by atoms with Crippen molar-refractivity contribution >= 4 is 11.7 Å². The molecule has 0 atom stereocenters. The van der Waals surface area contributed by atoms with Gasteiger partial charge in [-0.1, -0.05) is 0 Å². The van der Waals surface area contributed by atoms with Gasteiger partial charge in [0, 0.05) is 6.20 Å². The highest BCUT2D eigenvalue weighted by Crippen LogP contribution is 2.14. The highest BCUT2D eigenvalue weighted by atomic mass is 16.4. The second-order valence-corrected chi connectivity index (χ2v) is 3.40. The van der Waals surface area contributed by atoms with Gasteiger partial charge in [0.15, 0.2) is 5.82 Å². The molecule has 2 rings (SSSR count). The second-order valence-electron chi connectivity index (χ2n) is 3.40. The molecule has 0 aromatic carbocycles. The summed E-state index contributed by atoms with van der Waals surface area (Å²) in [5, 5.41) is 12.9. The first-order valence-electron chi connectivity index (χ1n) is 4.58. The first-order valence-corrected chi connectivity index (χ1v) is 4.58. The molecule has 2 aromatic heterocycles. The van der Waals surface area contributed by atoms with Gasteiger partial charge in [0.05, 0.1) is 23.6 Å². The van der Waals surface area contributed by atoms with E-state index in [4.69, 9.17) is 10.8 Å². The lowest BCUT2D eigenvalue weighted by Crippen LogP contribution is -2.06. The van der Waals surface area contributed by atoms with Crippen molar-refractivity contribution in [3.8, 4) is 5.82 Å². The molecule has 0 aliphatic heterocycles. The largest absolute Gasteiger partial charge is 0.478 e. The minimum absolute atomic E-state index is 0.0261. The Morgan fingerprint density at radius 1 is 1.50 bits per heavy atom. The predicted octanol–water partition coefficient (Wildman–Crippen LogP) is 0.856. The van der Waals surface area contributed by atoms with Gasteiger partial charge < -0.3 is 10.8 Å². The number of aryl methyl sites for hydroxylation is 1. The summed E-state index contributed by atoms with van der Waals surface area (Å²) in [6.07, 6.45) is 4.73. The van der Waals surface area contributed by atoms with Crippen molar-refractivity contribution in [2.75, 3.05) is 5.73 Å². The molecule has 0 bridgehead atoms. The number of nitrogens with two attached hydrogens (primary N) is 1. The van der Waals surface area contributed by atoms with Crippen LogP contribution in [-0.2, 0) is 0 Å². The Balaban J connectivity index is 2.51. The molecular formula is C10H10N4O2. The van der Waals surface area contributed by atoms with Crippen molar-refractivity contribution in [3.63, 3.8) is 0 Å². The highest BCUT2D eigenvalue weighted by molar-refractivity contribution is 5.93. The number of hydrogen-bond donors (Lipinski definition) is 2. The van der Waals surface area contributed by atoms with Crippen molar-refractivity contribution < 1.29 is 9.90 Å². The summed E-state index contributed by atoms with van der Waals surface area (Å²) >= 11 is 0. The lowest BCUT2D eigenvalue weighted by molar-refractivity contribution is 0.0698. The minimum Gasteiger partial charge on any atom is -0.478 e. The van der Waals surface area contributed by atoms with E-state index in [1.807, 2.05) is 6.92 Å². The number of rotatable bonds is 2. The summed E-state index contributed by atoms with van der Waals surface area (Å²) in [7, 11) is 0. The van der Waals surface area contributed by atoms with Crippen molar-refractivity contribution in [1.29, 1.82) is 0 Å². The maximum atomic E-state index is 10.9. The van der Waals surface area contributed by atoms with E-state index in [0.29, 0.717) is 5.82 Å². The number of carbonyl (C=O) groups is 1. The van der Waals surface area contributed by atoms with Gasteiger partial charge >= 0.3 is 5.97 Å². The monoisotopic (exact) mass is 218 g/mol. The maximum absolute atomic E-state index is 10.9. The molecule has 16 heavy (non-hydrogen) atoms. The molecule has 2 aromatic rings. The molecule has 0 amide bonds. The Kier molecular flexibility index (Phi) is 2.32. The van der Waals surface area contributed by atoms with Crippen LogP contribution < -0.4 is 5.73 Å². The second kappa shape index (κ2) is 3.65. The van der Waals surface area contributed by atoms with E-state index in [1.165, 1.54) is 16.9 Å². The summed E-state index contributed by atoms with van der Waals surface area (Å²) < 4.78 is 1.50. The molecule has 0 spiro atoms. The number of carboxylic acids is 1. The van der Waals surface area contributed by atoms with Crippen molar-refractivity contribution in [2.24, 2.45) is 0 Å². The fourth-order valence-electron chi connectivity index (χ4n) is 1.30. The third-order valence-corrected chi connectivity index (χ3v) is 2.10. The van der Waals surface area contributed by atoms with Crippen LogP contribution >= 0.6 is 0 Å². The first-order chi connectivity index (χ1) is 7.58. The number of carboxylic acid groups (broad SMARTS) is 1. The maximum Gasteiger partial charge on any atom is 0.337 e. The summed E-state index contributed by atoms with van der Waals surface area (Å²) in [5.74, 6) is -0.648. The number of anilines is 1. The van der Waals surface area contributed by atoms with Crippen LogP contribution in [0.25, 0.3) is 5.82 Å². The molecular weight excluding hydrogens is 208 g/mol. The molecule has 2 heterocycles. The van der Waals surface area contributed by atoms with Gasteiger partial charge in [-0.15, -0.1) is 0 Å². The van der Waals surface area contributed by atoms with Crippen LogP contribution in [0.4, 0.5) is 5.69 Å². The molecule has 0 fully saturated rings. The van der Waals surface area contributed by atoms with E-state index >= 15 is 0 Å². The number of aromatic nitrogens is 3. The Morgan fingerprint density at radius 3 is 2.81 bits per heavy atom. The number of nitrogens with zero attached hydrogens (tertiary/aromatic N) is 3. The number of pyridine rings is 1. The Morgan fingerprint density at radius 2 is 2.25 bits per heavy atom. The highest BCUT2D eigenvalue weighted by Gasteiger charge is 2.10. The molecule has 0 unspecified atom stereocenters. The van der Waals surface area contributed by atoms with E-state index in [9.17, 15) is 4.79 Å². The summed E-state index contributed by atoms with van der Waals surface area (Å²) in [5.41, 5.74) is 6.63. The zero-order valence-corrected chi connectivity index (χ0v) is 8.58. The summed E-state index contributed by atoms with van der Waals surface area (Å²) in [6.45, 7) is 1.89. The fraction of sp³-hybridized carbons (Fsp3) is 0.100. The van der Waals surface area contributed by atoms with Crippen molar-refractivity contribution in [1.82, 2.24) is 14.8 Å². The topological polar surface area (TPSA) is 94.0 Å². The zero-order valence-electron chi connectivity index (χ0n) is 8.58. The molecule has 0 aliphatic rings. The molecule has 6 heteroatoms. The van der Waals surface area contributed by atoms with Gasteiger partial charge in [-0.25, -0.2) is 14.5 Å². The molecule has 3 N–H and O–H groups in total. The zero-order chi connectivity index (χ0) is 11.7. The van der Waals surface area contributed by atoms with E-state index in [1.54, 1.807) is 12.4 Å². The normalized spacial score (nSPS) is 10.3. The Labute approximate surface area is 91.3 Å². The van der Waals surface area contributed by atoms with E-state index in [-0.39, 0.29) is 11.3 Å². The van der Waals surface area contributed by atoms with Gasteiger partial charge in [0.25, 0.3) is 0 Å². The lowest BCUT2D eigenvalue weighted by atomic mass is 10.2. The molecule has 6 nitrogen and oxygen atoms in total. The van der Waals surface area contributed by atoms with Crippen LogP contribution in [0.1, 0.15) is 15.9 Å². The first kappa shape index (κ1) is 10.2. The Hall–Kier alpha value is -2.37. The van der Waals surface area contributed by atoms with Gasteiger partial charge in [0.1, 0.15) is 0 Å². The lowest BCUT2D eigenvalue weighted by Gasteiger charge is -2.03. The SMILES string of the molecule is Cc1cnn(-c2cc(C(=O)O)c(N)cn2)c1. The van der Waals surface area contributed by atoms with Crippen LogP contribution in [0.3, 0.4) is 0 Å². The fourth-order valence-corrected chi connectivity index (χ4v) is 1.30. The number of aromatic carboxylic acids is 1. The van der Waals surface area contributed by atoms with Gasteiger partial charge in [0.2, 0.25) is 0 Å². The standard InChI is InChI=1S/C10H10N4O2/c1-6-3-13-14(5-6)9-2-7(10(15)16)8(11)4-12-9/h2-5H,11H2,1H3,(H,15,16).